The molecule has 0 amide bonds. The van der Waals surface area contributed by atoms with Crippen molar-refractivity contribution in [3.8, 4) is 11.1 Å². The summed E-state index contributed by atoms with van der Waals surface area (Å²) in [5.41, 5.74) is 9.37. The lowest BCUT2D eigenvalue weighted by atomic mass is 9.90. The minimum Gasteiger partial charge on any atom is -0.371 e. The van der Waals surface area contributed by atoms with Crippen LogP contribution in [0.15, 0.2) is 36.4 Å². The van der Waals surface area contributed by atoms with E-state index in [9.17, 15) is 0 Å². The summed E-state index contributed by atoms with van der Waals surface area (Å²) in [7, 11) is 0. The van der Waals surface area contributed by atoms with Gasteiger partial charge < -0.3 is 4.90 Å². The first-order chi connectivity index (χ1) is 12.3. The zero-order valence-corrected chi connectivity index (χ0v) is 15.9. The van der Waals surface area contributed by atoms with Crippen LogP contribution in [0.1, 0.15) is 75.0 Å². The molecule has 0 saturated carbocycles. The average Bonchev–Trinajstić information content (AvgIpc) is 2.97. The molecular weight excluding hydrogens is 302 g/mol. The maximum absolute atomic E-state index is 2.71. The Morgan fingerprint density at radius 2 is 1.68 bits per heavy atom. The zero-order valence-electron chi connectivity index (χ0n) is 15.9. The van der Waals surface area contributed by atoms with Gasteiger partial charge in [0.2, 0.25) is 0 Å². The lowest BCUT2D eigenvalue weighted by Gasteiger charge is -2.33. The number of aryl methyl sites for hydroxylation is 1. The fraction of sp³-hybridized carbons (Fsp3) is 0.500. The largest absolute Gasteiger partial charge is 0.371 e. The third-order valence-electron chi connectivity index (χ3n) is 6.04. The van der Waals surface area contributed by atoms with Crippen molar-refractivity contribution in [3.05, 3.63) is 53.1 Å². The van der Waals surface area contributed by atoms with Gasteiger partial charge >= 0.3 is 0 Å². The van der Waals surface area contributed by atoms with Crippen molar-refractivity contribution < 1.29 is 0 Å². The van der Waals surface area contributed by atoms with Crippen molar-refractivity contribution in [1.82, 2.24) is 0 Å². The molecule has 1 heteroatoms. The summed E-state index contributed by atoms with van der Waals surface area (Å²) in [6, 6.07) is 14.1. The fourth-order valence-electron chi connectivity index (χ4n) is 4.97. The van der Waals surface area contributed by atoms with E-state index in [1.54, 1.807) is 27.9 Å². The molecule has 2 aliphatic rings. The molecule has 0 radical (unpaired) electrons. The van der Waals surface area contributed by atoms with E-state index in [-0.39, 0.29) is 0 Å². The summed E-state index contributed by atoms with van der Waals surface area (Å²) in [4.78, 5) is 2.71. The van der Waals surface area contributed by atoms with E-state index in [1.807, 2.05) is 0 Å². The molecule has 0 spiro atoms. The predicted octanol–water partition coefficient (Wildman–Crippen LogP) is 6.54. The Morgan fingerprint density at radius 3 is 2.44 bits per heavy atom. The Morgan fingerprint density at radius 1 is 0.880 bits per heavy atom. The number of anilines is 1. The van der Waals surface area contributed by atoms with Gasteiger partial charge in [-0.3, -0.25) is 0 Å². The van der Waals surface area contributed by atoms with Crippen LogP contribution in [0.2, 0.25) is 0 Å². The molecule has 0 bridgehead atoms. The molecule has 1 nitrogen and oxygen atoms in total. The van der Waals surface area contributed by atoms with Crippen molar-refractivity contribution in [2.24, 2.45) is 0 Å². The van der Waals surface area contributed by atoms with E-state index in [0.717, 1.165) is 0 Å². The molecule has 1 aliphatic heterocycles. The van der Waals surface area contributed by atoms with Gasteiger partial charge in [0, 0.05) is 30.3 Å². The Labute approximate surface area is 153 Å². The Kier molecular flexibility index (Phi) is 4.83. The molecule has 2 aromatic carbocycles. The maximum atomic E-state index is 2.71. The Hall–Kier alpha value is -1.76. The van der Waals surface area contributed by atoms with Crippen LogP contribution in [0.3, 0.4) is 0 Å². The van der Waals surface area contributed by atoms with Gasteiger partial charge in [-0.2, -0.15) is 0 Å². The van der Waals surface area contributed by atoms with E-state index in [0.29, 0.717) is 5.92 Å². The quantitative estimate of drug-likeness (QED) is 0.600. The van der Waals surface area contributed by atoms with Crippen LogP contribution in [0.25, 0.3) is 11.1 Å². The number of rotatable bonds is 5. The van der Waals surface area contributed by atoms with Gasteiger partial charge in [-0.15, -0.1) is 0 Å². The van der Waals surface area contributed by atoms with Gasteiger partial charge in [-0.25, -0.2) is 0 Å². The second-order valence-corrected chi connectivity index (χ2v) is 7.76. The Bertz CT molecular complexity index is 740. The molecule has 1 atom stereocenters. The number of nitrogens with zero attached hydrogens (tertiary/aromatic N) is 1. The molecule has 0 N–H and O–H groups in total. The van der Waals surface area contributed by atoms with Gasteiger partial charge in [-0.1, -0.05) is 63.1 Å². The highest BCUT2D eigenvalue weighted by Gasteiger charge is 2.32. The molecule has 132 valence electrons. The van der Waals surface area contributed by atoms with E-state index in [4.69, 9.17) is 0 Å². The van der Waals surface area contributed by atoms with E-state index >= 15 is 0 Å². The van der Waals surface area contributed by atoms with Crippen LogP contribution in [0.4, 0.5) is 5.69 Å². The number of piperidine rings is 1. The van der Waals surface area contributed by atoms with Gasteiger partial charge in [0.15, 0.2) is 0 Å². The summed E-state index contributed by atoms with van der Waals surface area (Å²) in [6.07, 6.45) is 9.00. The highest BCUT2D eigenvalue weighted by molar-refractivity contribution is 5.90. The topological polar surface area (TPSA) is 3.24 Å². The zero-order chi connectivity index (χ0) is 17.2. The van der Waals surface area contributed by atoms with Gasteiger partial charge in [0.05, 0.1) is 0 Å². The van der Waals surface area contributed by atoms with Gasteiger partial charge in [-0.05, 0) is 54.4 Å². The second kappa shape index (κ2) is 7.23. The van der Waals surface area contributed by atoms with Crippen LogP contribution in [0, 0.1) is 0 Å². The minimum absolute atomic E-state index is 0.593. The molecule has 1 aliphatic carbocycles. The standard InChI is InChI=1S/C24H31N/c1-3-10-18-14-15-22-19(11-4-2)20-12-6-7-13-21(20)23(22)24(18)25-16-8-5-9-17-25/h6-7,12-15,19H,3-5,8-11,16-17H2,1-2H3. The lowest BCUT2D eigenvalue weighted by molar-refractivity contribution is 0.576. The molecular formula is C24H31N. The van der Waals surface area contributed by atoms with Crippen molar-refractivity contribution in [1.29, 1.82) is 0 Å². The average molecular weight is 334 g/mol. The summed E-state index contributed by atoms with van der Waals surface area (Å²) >= 11 is 0. The highest BCUT2D eigenvalue weighted by Crippen LogP contribution is 2.52. The molecule has 1 heterocycles. The number of fused-ring (bicyclic) bond motifs is 3. The van der Waals surface area contributed by atoms with Crippen molar-refractivity contribution >= 4 is 5.69 Å². The lowest BCUT2D eigenvalue weighted by Crippen LogP contribution is -2.30. The van der Waals surface area contributed by atoms with Crippen molar-refractivity contribution in [3.63, 3.8) is 0 Å². The summed E-state index contributed by atoms with van der Waals surface area (Å²) < 4.78 is 0. The maximum Gasteiger partial charge on any atom is 0.0481 e. The van der Waals surface area contributed by atoms with E-state index in [1.165, 1.54) is 63.6 Å². The predicted molar refractivity (Wildman–Crippen MR) is 109 cm³/mol. The summed E-state index contributed by atoms with van der Waals surface area (Å²) in [6.45, 7) is 7.08. The number of hydrogen-bond acceptors (Lipinski definition) is 1. The summed E-state index contributed by atoms with van der Waals surface area (Å²) in [5.74, 6) is 0.593. The van der Waals surface area contributed by atoms with Crippen molar-refractivity contribution in [2.45, 2.75) is 64.7 Å². The molecule has 25 heavy (non-hydrogen) atoms. The monoisotopic (exact) mass is 333 g/mol. The van der Waals surface area contributed by atoms with Crippen LogP contribution in [-0.2, 0) is 6.42 Å². The SMILES string of the molecule is CCCc1ccc2c(c1N1CCCCC1)-c1ccccc1C2CCC. The molecule has 0 aromatic heterocycles. The van der Waals surface area contributed by atoms with Crippen LogP contribution in [-0.4, -0.2) is 13.1 Å². The van der Waals surface area contributed by atoms with E-state index < -0.39 is 0 Å². The van der Waals surface area contributed by atoms with Crippen molar-refractivity contribution in [2.75, 3.05) is 18.0 Å². The summed E-state index contributed by atoms with van der Waals surface area (Å²) in [5, 5.41) is 0. The molecule has 2 aromatic rings. The third-order valence-corrected chi connectivity index (χ3v) is 6.04. The molecule has 1 fully saturated rings. The highest BCUT2D eigenvalue weighted by atomic mass is 15.1. The van der Waals surface area contributed by atoms with Crippen LogP contribution >= 0.6 is 0 Å². The first kappa shape index (κ1) is 16.7. The van der Waals surface area contributed by atoms with Crippen LogP contribution in [0.5, 0.6) is 0 Å². The van der Waals surface area contributed by atoms with E-state index in [2.05, 4.69) is 55.1 Å². The first-order valence-corrected chi connectivity index (χ1v) is 10.3. The number of hydrogen-bond donors (Lipinski definition) is 0. The number of benzene rings is 2. The van der Waals surface area contributed by atoms with Crippen LogP contribution < -0.4 is 4.90 Å². The van der Waals surface area contributed by atoms with Gasteiger partial charge in [0.1, 0.15) is 0 Å². The molecule has 4 rings (SSSR count). The minimum atomic E-state index is 0.593. The second-order valence-electron chi connectivity index (χ2n) is 7.76. The normalized spacial score (nSPS) is 19.0. The van der Waals surface area contributed by atoms with Gasteiger partial charge in [0.25, 0.3) is 0 Å². The third kappa shape index (κ3) is 2.88. The smallest absolute Gasteiger partial charge is 0.0481 e. The fourth-order valence-corrected chi connectivity index (χ4v) is 4.97. The Balaban J connectivity index is 1.91. The molecule has 1 unspecified atom stereocenters. The molecule has 1 saturated heterocycles. The first-order valence-electron chi connectivity index (χ1n) is 10.3.